The summed E-state index contributed by atoms with van der Waals surface area (Å²) in [5.74, 6) is 2.80. The van der Waals surface area contributed by atoms with E-state index in [-0.39, 0.29) is 6.09 Å². The second-order valence-electron chi connectivity index (χ2n) is 10.3. The van der Waals surface area contributed by atoms with Crippen LogP contribution in [-0.2, 0) is 17.7 Å². The van der Waals surface area contributed by atoms with E-state index >= 15 is 0 Å². The third-order valence-corrected chi connectivity index (χ3v) is 6.73. The second kappa shape index (κ2) is 10.9. The zero-order valence-corrected chi connectivity index (χ0v) is 22.9. The molecule has 0 unspecified atom stereocenters. The van der Waals surface area contributed by atoms with Crippen molar-refractivity contribution in [2.75, 3.05) is 48.1 Å². The Morgan fingerprint density at radius 2 is 1.30 bits per heavy atom. The van der Waals surface area contributed by atoms with Gasteiger partial charge in [-0.2, -0.15) is 0 Å². The molecule has 4 rings (SSSR count). The summed E-state index contributed by atoms with van der Waals surface area (Å²) in [6.45, 7) is 8.76. The molecule has 1 N–H and O–H groups in total. The first kappa shape index (κ1) is 26.7. The van der Waals surface area contributed by atoms with Gasteiger partial charge in [-0.3, -0.25) is 4.90 Å². The number of carbonyl (C=O) groups excluding carboxylic acids is 1. The van der Waals surface area contributed by atoms with E-state index in [1.807, 2.05) is 26.8 Å². The van der Waals surface area contributed by atoms with Crippen LogP contribution < -0.4 is 24.3 Å². The highest BCUT2D eigenvalue weighted by molar-refractivity contribution is 6.12. The van der Waals surface area contributed by atoms with Gasteiger partial charge in [-0.05, 0) is 90.6 Å². The summed E-state index contributed by atoms with van der Waals surface area (Å²) >= 11 is 0. The molecule has 3 aromatic carbocycles. The third kappa shape index (κ3) is 5.64. The molecular formula is C29H38N2O6. The molecule has 0 radical (unpaired) electrons. The van der Waals surface area contributed by atoms with E-state index in [0.29, 0.717) is 29.5 Å². The third-order valence-electron chi connectivity index (χ3n) is 6.73. The summed E-state index contributed by atoms with van der Waals surface area (Å²) in [7, 11) is 6.64. The van der Waals surface area contributed by atoms with E-state index in [1.165, 1.54) is 16.5 Å². The Kier molecular flexibility index (Phi) is 7.87. The number of hydrogen-bond acceptors (Lipinski definition) is 7. The van der Waals surface area contributed by atoms with Gasteiger partial charge in [-0.1, -0.05) is 0 Å². The van der Waals surface area contributed by atoms with Gasteiger partial charge in [-0.15, -0.1) is 0 Å². The largest absolute Gasteiger partial charge is 0.493 e. The van der Waals surface area contributed by atoms with Gasteiger partial charge in [0.25, 0.3) is 0 Å². The maximum atomic E-state index is 12.0. The Morgan fingerprint density at radius 3 is 1.78 bits per heavy atom. The van der Waals surface area contributed by atoms with Crippen LogP contribution in [0.2, 0.25) is 0 Å². The van der Waals surface area contributed by atoms with Crippen LogP contribution in [0.3, 0.4) is 0 Å². The van der Waals surface area contributed by atoms with Crippen molar-refractivity contribution in [3.05, 3.63) is 35.4 Å². The first-order valence-corrected chi connectivity index (χ1v) is 12.6. The minimum Gasteiger partial charge on any atom is -0.493 e. The second-order valence-corrected chi connectivity index (χ2v) is 10.3. The fourth-order valence-corrected chi connectivity index (χ4v) is 5.07. The lowest BCUT2D eigenvalue weighted by atomic mass is 9.87. The maximum Gasteiger partial charge on any atom is 0.407 e. The summed E-state index contributed by atoms with van der Waals surface area (Å²) in [4.78, 5) is 14.4. The zero-order valence-electron chi connectivity index (χ0n) is 22.9. The van der Waals surface area contributed by atoms with Crippen LogP contribution in [0.15, 0.2) is 24.3 Å². The molecule has 0 aromatic heterocycles. The Labute approximate surface area is 218 Å². The van der Waals surface area contributed by atoms with E-state index in [4.69, 9.17) is 23.7 Å². The summed E-state index contributed by atoms with van der Waals surface area (Å²) in [5.41, 5.74) is 2.10. The Morgan fingerprint density at radius 1 is 0.811 bits per heavy atom. The molecule has 1 amide bonds. The number of amides is 1. The fraction of sp³-hybridized carbons (Fsp3) is 0.483. The number of nitrogens with one attached hydrogen (secondary N) is 1. The van der Waals surface area contributed by atoms with E-state index in [2.05, 4.69) is 28.4 Å². The van der Waals surface area contributed by atoms with Gasteiger partial charge in [0.05, 0.1) is 28.4 Å². The quantitative estimate of drug-likeness (QED) is 0.325. The molecule has 0 bridgehead atoms. The molecule has 1 heterocycles. The van der Waals surface area contributed by atoms with Gasteiger partial charge < -0.3 is 29.0 Å². The van der Waals surface area contributed by atoms with Crippen molar-refractivity contribution in [1.29, 1.82) is 0 Å². The number of ether oxygens (including phenoxy) is 5. The van der Waals surface area contributed by atoms with Gasteiger partial charge >= 0.3 is 6.09 Å². The van der Waals surface area contributed by atoms with E-state index in [9.17, 15) is 4.79 Å². The van der Waals surface area contributed by atoms with Crippen LogP contribution in [0.5, 0.6) is 23.0 Å². The molecule has 0 fully saturated rings. The van der Waals surface area contributed by atoms with Crippen molar-refractivity contribution in [3.8, 4) is 23.0 Å². The number of hydrogen-bond donors (Lipinski definition) is 1. The number of carbonyl (C=O) groups is 1. The molecular weight excluding hydrogens is 472 g/mol. The van der Waals surface area contributed by atoms with Crippen LogP contribution in [0, 0.1) is 0 Å². The molecule has 0 aliphatic carbocycles. The summed E-state index contributed by atoms with van der Waals surface area (Å²) in [6, 6.07) is 8.27. The van der Waals surface area contributed by atoms with Crippen molar-refractivity contribution < 1.29 is 28.5 Å². The maximum absolute atomic E-state index is 12.0. The molecule has 3 aromatic rings. The molecule has 200 valence electrons. The Bertz CT molecular complexity index is 1300. The van der Waals surface area contributed by atoms with Crippen molar-refractivity contribution in [2.45, 2.75) is 45.8 Å². The summed E-state index contributed by atoms with van der Waals surface area (Å²) in [5, 5.41) is 7.35. The number of rotatable bonds is 8. The highest BCUT2D eigenvalue weighted by Crippen LogP contribution is 2.44. The number of methoxy groups -OCH3 is 4. The highest BCUT2D eigenvalue weighted by atomic mass is 16.6. The van der Waals surface area contributed by atoms with E-state index in [1.54, 1.807) is 28.4 Å². The van der Waals surface area contributed by atoms with Crippen LogP contribution in [-0.4, -0.2) is 64.7 Å². The van der Waals surface area contributed by atoms with Crippen molar-refractivity contribution in [2.24, 2.45) is 0 Å². The number of benzene rings is 3. The first-order valence-electron chi connectivity index (χ1n) is 12.6. The fourth-order valence-electron chi connectivity index (χ4n) is 5.07. The molecule has 0 atom stereocenters. The van der Waals surface area contributed by atoms with Crippen molar-refractivity contribution >= 4 is 27.6 Å². The minimum atomic E-state index is -0.499. The van der Waals surface area contributed by atoms with Crippen molar-refractivity contribution in [3.63, 3.8) is 0 Å². The van der Waals surface area contributed by atoms with Crippen LogP contribution in [0.4, 0.5) is 4.79 Å². The monoisotopic (exact) mass is 510 g/mol. The standard InChI is InChI=1S/C29H38N2O6/c1-29(2,3)37-28(32)30-10-8-11-31-12-9-18-19-13-24(33-4)25(34-5)14-20(19)21-15-26(35-6)27(36-7)16-22(21)23(18)17-31/h13-16H,8-12,17H2,1-7H3,(H,30,32). The van der Waals surface area contributed by atoms with Gasteiger partial charge in [0.2, 0.25) is 0 Å². The molecule has 1 aliphatic rings. The van der Waals surface area contributed by atoms with Crippen molar-refractivity contribution in [1.82, 2.24) is 10.2 Å². The molecule has 8 nitrogen and oxygen atoms in total. The number of fused-ring (bicyclic) bond motifs is 6. The van der Waals surface area contributed by atoms with Gasteiger partial charge in [-0.25, -0.2) is 4.79 Å². The normalized spacial score (nSPS) is 13.8. The summed E-state index contributed by atoms with van der Waals surface area (Å²) in [6.07, 6.45) is 1.37. The minimum absolute atomic E-state index is 0.376. The lowest BCUT2D eigenvalue weighted by molar-refractivity contribution is 0.0525. The molecule has 37 heavy (non-hydrogen) atoms. The van der Waals surface area contributed by atoms with E-state index in [0.717, 1.165) is 48.6 Å². The van der Waals surface area contributed by atoms with Crippen LogP contribution in [0.1, 0.15) is 38.3 Å². The average Bonchev–Trinajstić information content (AvgIpc) is 2.88. The summed E-state index contributed by atoms with van der Waals surface area (Å²) < 4.78 is 27.9. The Balaban J connectivity index is 1.67. The SMILES string of the molecule is COc1cc2c3c(c4cc(OC)c(OC)cc4c2cc1OC)CN(CCCNC(=O)OC(C)(C)C)CC3. The highest BCUT2D eigenvalue weighted by Gasteiger charge is 2.24. The average molecular weight is 511 g/mol. The van der Waals surface area contributed by atoms with Gasteiger partial charge in [0, 0.05) is 26.2 Å². The molecule has 8 heteroatoms. The zero-order chi connectivity index (χ0) is 26.7. The molecule has 0 saturated carbocycles. The number of nitrogens with zero attached hydrogens (tertiary/aromatic N) is 1. The number of alkyl carbamates (subject to hydrolysis) is 1. The smallest absolute Gasteiger partial charge is 0.407 e. The van der Waals surface area contributed by atoms with Gasteiger partial charge in [0.15, 0.2) is 23.0 Å². The predicted octanol–water partition coefficient (Wildman–Crippen LogP) is 5.30. The lowest BCUT2D eigenvalue weighted by Gasteiger charge is -2.31. The van der Waals surface area contributed by atoms with Gasteiger partial charge in [0.1, 0.15) is 5.60 Å². The topological polar surface area (TPSA) is 78.5 Å². The predicted molar refractivity (Wildman–Crippen MR) is 145 cm³/mol. The van der Waals surface area contributed by atoms with E-state index < -0.39 is 5.60 Å². The van der Waals surface area contributed by atoms with Crippen LogP contribution >= 0.6 is 0 Å². The molecule has 0 saturated heterocycles. The first-order chi connectivity index (χ1) is 17.7. The van der Waals surface area contributed by atoms with Crippen LogP contribution in [0.25, 0.3) is 21.5 Å². The Hall–Kier alpha value is -3.39. The lowest BCUT2D eigenvalue weighted by Crippen LogP contribution is -2.36. The molecule has 0 spiro atoms. The molecule has 1 aliphatic heterocycles.